The predicted molar refractivity (Wildman–Crippen MR) is 85.2 cm³/mol. The fraction of sp³-hybridized carbons (Fsp3) is 0.812. The summed E-state index contributed by atoms with van der Waals surface area (Å²) in [5.41, 5.74) is 1.16. The molecule has 20 heavy (non-hydrogen) atoms. The Morgan fingerprint density at radius 3 is 2.50 bits per heavy atom. The standard InChI is InChI=1S/C16H28ClN3/c1-12(2)20-16(14(17)11-19-20)15(18-3)10-13-8-6-4-5-7-9-13/h11-13,15,18H,4-10H2,1-3H3. The Balaban J connectivity index is 2.13. The van der Waals surface area contributed by atoms with Gasteiger partial charge in [0.25, 0.3) is 0 Å². The van der Waals surface area contributed by atoms with Crippen LogP contribution in [0.15, 0.2) is 6.20 Å². The molecule has 1 N–H and O–H groups in total. The van der Waals surface area contributed by atoms with E-state index in [9.17, 15) is 0 Å². The molecule has 0 saturated heterocycles. The summed E-state index contributed by atoms with van der Waals surface area (Å²) in [6.07, 6.45) is 11.3. The minimum Gasteiger partial charge on any atom is -0.312 e. The van der Waals surface area contributed by atoms with Gasteiger partial charge in [0.05, 0.1) is 23.0 Å². The minimum absolute atomic E-state index is 0.315. The maximum atomic E-state index is 6.39. The Bertz CT molecular complexity index is 406. The third-order valence-electron chi connectivity index (χ3n) is 4.50. The molecular formula is C16H28ClN3. The Hall–Kier alpha value is -0.540. The van der Waals surface area contributed by atoms with Gasteiger partial charge in [-0.3, -0.25) is 4.68 Å². The average Bonchev–Trinajstić information content (AvgIpc) is 2.64. The van der Waals surface area contributed by atoms with Gasteiger partial charge in [-0.15, -0.1) is 0 Å². The second kappa shape index (κ2) is 7.46. The fourth-order valence-corrected chi connectivity index (χ4v) is 3.65. The molecule has 0 radical (unpaired) electrons. The molecule has 1 aromatic rings. The third kappa shape index (κ3) is 3.76. The molecule has 1 saturated carbocycles. The van der Waals surface area contributed by atoms with Gasteiger partial charge in [0.1, 0.15) is 0 Å². The maximum absolute atomic E-state index is 6.39. The maximum Gasteiger partial charge on any atom is 0.0834 e. The summed E-state index contributed by atoms with van der Waals surface area (Å²) < 4.78 is 2.07. The molecule has 0 aliphatic heterocycles. The lowest BCUT2D eigenvalue weighted by Crippen LogP contribution is -2.24. The van der Waals surface area contributed by atoms with Crippen LogP contribution >= 0.6 is 11.6 Å². The summed E-state index contributed by atoms with van der Waals surface area (Å²) in [5, 5.41) is 8.70. The Morgan fingerprint density at radius 2 is 1.95 bits per heavy atom. The van der Waals surface area contributed by atoms with Gasteiger partial charge in [0, 0.05) is 6.04 Å². The monoisotopic (exact) mass is 297 g/mol. The van der Waals surface area contributed by atoms with Crippen LogP contribution in [0, 0.1) is 5.92 Å². The molecule has 0 aromatic carbocycles. The van der Waals surface area contributed by atoms with Crippen molar-refractivity contribution in [3.63, 3.8) is 0 Å². The molecule has 4 heteroatoms. The van der Waals surface area contributed by atoms with E-state index >= 15 is 0 Å². The largest absolute Gasteiger partial charge is 0.312 e. The highest BCUT2D eigenvalue weighted by molar-refractivity contribution is 6.31. The number of hydrogen-bond acceptors (Lipinski definition) is 2. The van der Waals surface area contributed by atoms with Crippen LogP contribution in [0.25, 0.3) is 0 Å². The topological polar surface area (TPSA) is 29.9 Å². The van der Waals surface area contributed by atoms with Gasteiger partial charge < -0.3 is 5.32 Å². The van der Waals surface area contributed by atoms with Crippen LogP contribution in [0.5, 0.6) is 0 Å². The van der Waals surface area contributed by atoms with Crippen LogP contribution in [0.2, 0.25) is 5.02 Å². The predicted octanol–water partition coefficient (Wildman–Crippen LogP) is 4.74. The average molecular weight is 298 g/mol. The Morgan fingerprint density at radius 1 is 1.30 bits per heavy atom. The summed E-state index contributed by atoms with van der Waals surface area (Å²) in [6.45, 7) is 4.32. The number of nitrogens with zero attached hydrogens (tertiary/aromatic N) is 2. The molecule has 0 spiro atoms. The number of rotatable bonds is 5. The van der Waals surface area contributed by atoms with E-state index in [4.69, 9.17) is 11.6 Å². The van der Waals surface area contributed by atoms with Crippen molar-refractivity contribution in [1.29, 1.82) is 0 Å². The van der Waals surface area contributed by atoms with Gasteiger partial charge in [-0.05, 0) is 33.2 Å². The van der Waals surface area contributed by atoms with Crippen molar-refractivity contribution in [3.05, 3.63) is 16.9 Å². The first-order valence-electron chi connectivity index (χ1n) is 8.03. The Kier molecular flexibility index (Phi) is 5.91. The normalized spacial score (nSPS) is 19.2. The van der Waals surface area contributed by atoms with Gasteiger partial charge in [0.15, 0.2) is 0 Å². The van der Waals surface area contributed by atoms with Crippen molar-refractivity contribution in [2.45, 2.75) is 70.9 Å². The molecule has 114 valence electrons. The van der Waals surface area contributed by atoms with Crippen LogP contribution in [-0.4, -0.2) is 16.8 Å². The lowest BCUT2D eigenvalue weighted by Gasteiger charge is -2.24. The summed E-state index contributed by atoms with van der Waals surface area (Å²) in [6, 6.07) is 0.665. The van der Waals surface area contributed by atoms with Crippen LogP contribution in [0.4, 0.5) is 0 Å². The quantitative estimate of drug-likeness (QED) is 0.796. The Labute approximate surface area is 128 Å². The first kappa shape index (κ1) is 15.8. The molecule has 0 bridgehead atoms. The van der Waals surface area contributed by atoms with E-state index in [2.05, 4.69) is 28.9 Å². The number of hydrogen-bond donors (Lipinski definition) is 1. The number of nitrogens with one attached hydrogen (secondary N) is 1. The van der Waals surface area contributed by atoms with Gasteiger partial charge in [0.2, 0.25) is 0 Å². The van der Waals surface area contributed by atoms with E-state index in [0.717, 1.165) is 16.6 Å². The molecule has 1 aromatic heterocycles. The highest BCUT2D eigenvalue weighted by Crippen LogP contribution is 2.34. The van der Waals surface area contributed by atoms with Crippen molar-refractivity contribution < 1.29 is 0 Å². The molecule has 0 amide bonds. The summed E-state index contributed by atoms with van der Waals surface area (Å²) >= 11 is 6.39. The second-order valence-electron chi connectivity index (χ2n) is 6.35. The minimum atomic E-state index is 0.315. The highest BCUT2D eigenvalue weighted by atomic mass is 35.5. The number of halogens is 1. The zero-order valence-corrected chi connectivity index (χ0v) is 13.8. The van der Waals surface area contributed by atoms with Crippen molar-refractivity contribution >= 4 is 11.6 Å². The first-order chi connectivity index (χ1) is 9.63. The van der Waals surface area contributed by atoms with E-state index in [1.807, 2.05) is 7.05 Å². The molecular weight excluding hydrogens is 270 g/mol. The van der Waals surface area contributed by atoms with E-state index < -0.39 is 0 Å². The van der Waals surface area contributed by atoms with Crippen molar-refractivity contribution in [2.24, 2.45) is 5.92 Å². The smallest absolute Gasteiger partial charge is 0.0834 e. The van der Waals surface area contributed by atoms with Crippen LogP contribution < -0.4 is 5.32 Å². The van der Waals surface area contributed by atoms with Gasteiger partial charge >= 0.3 is 0 Å². The third-order valence-corrected chi connectivity index (χ3v) is 4.79. The van der Waals surface area contributed by atoms with E-state index in [0.29, 0.717) is 12.1 Å². The molecule has 1 atom stereocenters. The van der Waals surface area contributed by atoms with Crippen LogP contribution in [0.1, 0.15) is 76.6 Å². The molecule has 2 rings (SSSR count). The van der Waals surface area contributed by atoms with E-state index in [-0.39, 0.29) is 0 Å². The van der Waals surface area contributed by atoms with Crippen molar-refractivity contribution in [1.82, 2.24) is 15.1 Å². The first-order valence-corrected chi connectivity index (χ1v) is 8.41. The highest BCUT2D eigenvalue weighted by Gasteiger charge is 2.24. The van der Waals surface area contributed by atoms with Crippen molar-refractivity contribution in [2.75, 3.05) is 7.05 Å². The van der Waals surface area contributed by atoms with Crippen LogP contribution in [-0.2, 0) is 0 Å². The zero-order chi connectivity index (χ0) is 14.5. The van der Waals surface area contributed by atoms with E-state index in [1.165, 1.54) is 44.9 Å². The number of aromatic nitrogens is 2. The zero-order valence-electron chi connectivity index (χ0n) is 13.0. The SMILES string of the molecule is CNC(CC1CCCCCC1)c1c(Cl)cnn1C(C)C. The fourth-order valence-electron chi connectivity index (χ4n) is 3.39. The van der Waals surface area contributed by atoms with Crippen molar-refractivity contribution in [3.8, 4) is 0 Å². The molecule has 1 fully saturated rings. The molecule has 1 aliphatic carbocycles. The summed E-state index contributed by atoms with van der Waals surface area (Å²) in [5.74, 6) is 0.821. The summed E-state index contributed by atoms with van der Waals surface area (Å²) in [7, 11) is 2.04. The van der Waals surface area contributed by atoms with E-state index in [1.54, 1.807) is 6.20 Å². The lowest BCUT2D eigenvalue weighted by atomic mass is 9.91. The molecule has 1 heterocycles. The van der Waals surface area contributed by atoms with Gasteiger partial charge in [-0.1, -0.05) is 50.1 Å². The van der Waals surface area contributed by atoms with Gasteiger partial charge in [-0.25, -0.2) is 0 Å². The molecule has 3 nitrogen and oxygen atoms in total. The molecule has 1 unspecified atom stereocenters. The van der Waals surface area contributed by atoms with Gasteiger partial charge in [-0.2, -0.15) is 5.10 Å². The lowest BCUT2D eigenvalue weighted by molar-refractivity contribution is 0.349. The molecule has 1 aliphatic rings. The van der Waals surface area contributed by atoms with Crippen LogP contribution in [0.3, 0.4) is 0 Å². The second-order valence-corrected chi connectivity index (χ2v) is 6.76. The summed E-state index contributed by atoms with van der Waals surface area (Å²) in [4.78, 5) is 0.